The molecule has 0 aromatic heterocycles. The van der Waals surface area contributed by atoms with Crippen LogP contribution in [0.4, 0.5) is 0 Å². The first-order valence-electron chi connectivity index (χ1n) is 5.83. The third-order valence-electron chi connectivity index (χ3n) is 3.02. The van der Waals surface area contributed by atoms with Gasteiger partial charge < -0.3 is 5.73 Å². The second kappa shape index (κ2) is 6.04. The van der Waals surface area contributed by atoms with Crippen LogP contribution in [0.15, 0.2) is 42.5 Å². The monoisotopic (exact) mass is 371 g/mol. The van der Waals surface area contributed by atoms with E-state index < -0.39 is 0 Å². The summed E-state index contributed by atoms with van der Waals surface area (Å²) in [6, 6.07) is 14.1. The van der Waals surface area contributed by atoms with E-state index in [1.807, 2.05) is 24.3 Å². The average Bonchev–Trinajstić information content (AvgIpc) is 2.35. The zero-order valence-corrected chi connectivity index (χ0v) is 13.1. The van der Waals surface area contributed by atoms with Gasteiger partial charge in [-0.25, -0.2) is 0 Å². The average molecular weight is 372 g/mol. The standard InChI is InChI=1S/C15H15ClIN/c1-10-5-4-7-12(15(10)17)14(18)9-11-6-2-3-8-13(11)16/h2-8,14H,9,18H2,1H3. The van der Waals surface area contributed by atoms with Crippen LogP contribution in [0.25, 0.3) is 0 Å². The van der Waals surface area contributed by atoms with Crippen molar-refractivity contribution in [3.63, 3.8) is 0 Å². The van der Waals surface area contributed by atoms with Gasteiger partial charge in [0, 0.05) is 14.6 Å². The van der Waals surface area contributed by atoms with Crippen molar-refractivity contribution in [2.45, 2.75) is 19.4 Å². The minimum absolute atomic E-state index is 0.0169. The lowest BCUT2D eigenvalue weighted by molar-refractivity contribution is 0.717. The van der Waals surface area contributed by atoms with Crippen LogP contribution in [-0.2, 0) is 6.42 Å². The molecule has 0 aliphatic heterocycles. The van der Waals surface area contributed by atoms with E-state index >= 15 is 0 Å². The Morgan fingerprint density at radius 1 is 1.17 bits per heavy atom. The van der Waals surface area contributed by atoms with Gasteiger partial charge in [-0.05, 0) is 58.7 Å². The molecule has 2 aromatic carbocycles. The Morgan fingerprint density at radius 3 is 2.61 bits per heavy atom. The first-order chi connectivity index (χ1) is 8.59. The second-order valence-electron chi connectivity index (χ2n) is 4.38. The molecular weight excluding hydrogens is 357 g/mol. The largest absolute Gasteiger partial charge is 0.324 e. The predicted octanol–water partition coefficient (Wildman–Crippen LogP) is 4.50. The molecule has 2 rings (SSSR count). The third-order valence-corrected chi connectivity index (χ3v) is 4.86. The van der Waals surface area contributed by atoms with Gasteiger partial charge >= 0.3 is 0 Å². The lowest BCUT2D eigenvalue weighted by Gasteiger charge is -2.16. The van der Waals surface area contributed by atoms with Gasteiger partial charge in [-0.2, -0.15) is 0 Å². The molecule has 0 saturated heterocycles. The third kappa shape index (κ3) is 3.05. The number of hydrogen-bond donors (Lipinski definition) is 1. The quantitative estimate of drug-likeness (QED) is 0.790. The molecule has 0 aliphatic carbocycles. The number of hydrogen-bond acceptors (Lipinski definition) is 1. The maximum atomic E-state index is 6.30. The summed E-state index contributed by atoms with van der Waals surface area (Å²) in [5.74, 6) is 0. The molecule has 0 heterocycles. The maximum absolute atomic E-state index is 6.30. The van der Waals surface area contributed by atoms with Crippen LogP contribution in [0.1, 0.15) is 22.7 Å². The fourth-order valence-corrected chi connectivity index (χ4v) is 2.94. The first-order valence-corrected chi connectivity index (χ1v) is 7.29. The summed E-state index contributed by atoms with van der Waals surface area (Å²) in [6.07, 6.45) is 0.763. The minimum Gasteiger partial charge on any atom is -0.324 e. The number of nitrogens with two attached hydrogens (primary N) is 1. The van der Waals surface area contributed by atoms with Crippen molar-refractivity contribution in [3.05, 3.63) is 67.7 Å². The Morgan fingerprint density at radius 2 is 1.89 bits per heavy atom. The summed E-state index contributed by atoms with van der Waals surface area (Å²) >= 11 is 8.53. The first kappa shape index (κ1) is 13.8. The summed E-state index contributed by atoms with van der Waals surface area (Å²) in [7, 11) is 0. The van der Waals surface area contributed by atoms with E-state index in [2.05, 4.69) is 47.7 Å². The van der Waals surface area contributed by atoms with Gasteiger partial charge in [0.05, 0.1) is 0 Å². The Kier molecular flexibility index (Phi) is 4.65. The molecule has 0 radical (unpaired) electrons. The van der Waals surface area contributed by atoms with Crippen LogP contribution in [0.2, 0.25) is 5.02 Å². The SMILES string of the molecule is Cc1cccc(C(N)Cc2ccccc2Cl)c1I. The van der Waals surface area contributed by atoms with E-state index in [1.165, 1.54) is 14.7 Å². The molecule has 0 spiro atoms. The molecule has 2 aromatic rings. The molecule has 0 amide bonds. The van der Waals surface area contributed by atoms with Crippen LogP contribution < -0.4 is 5.73 Å². The fraction of sp³-hybridized carbons (Fsp3) is 0.200. The van der Waals surface area contributed by atoms with Crippen LogP contribution in [0.5, 0.6) is 0 Å². The Balaban J connectivity index is 2.25. The van der Waals surface area contributed by atoms with Crippen molar-refractivity contribution >= 4 is 34.2 Å². The van der Waals surface area contributed by atoms with E-state index in [1.54, 1.807) is 0 Å². The molecule has 18 heavy (non-hydrogen) atoms. The van der Waals surface area contributed by atoms with E-state index in [0.29, 0.717) is 0 Å². The molecular formula is C15H15ClIN. The smallest absolute Gasteiger partial charge is 0.0438 e. The number of benzene rings is 2. The lowest BCUT2D eigenvalue weighted by Crippen LogP contribution is -2.15. The van der Waals surface area contributed by atoms with Gasteiger partial charge in [-0.1, -0.05) is 48.0 Å². The number of halogens is 2. The van der Waals surface area contributed by atoms with Crippen LogP contribution in [-0.4, -0.2) is 0 Å². The van der Waals surface area contributed by atoms with E-state index in [4.69, 9.17) is 17.3 Å². The fourth-order valence-electron chi connectivity index (χ4n) is 1.97. The van der Waals surface area contributed by atoms with Gasteiger partial charge in [-0.3, -0.25) is 0 Å². The van der Waals surface area contributed by atoms with Crippen LogP contribution in [0, 0.1) is 10.5 Å². The Hall–Kier alpha value is -0.580. The molecule has 1 atom stereocenters. The normalized spacial score (nSPS) is 12.4. The Bertz CT molecular complexity index is 554. The van der Waals surface area contributed by atoms with Crippen molar-refractivity contribution in [2.24, 2.45) is 5.73 Å². The topological polar surface area (TPSA) is 26.0 Å². The van der Waals surface area contributed by atoms with E-state index in [9.17, 15) is 0 Å². The highest BCUT2D eigenvalue weighted by molar-refractivity contribution is 14.1. The van der Waals surface area contributed by atoms with Crippen molar-refractivity contribution < 1.29 is 0 Å². The highest BCUT2D eigenvalue weighted by Gasteiger charge is 2.13. The number of aryl methyl sites for hydroxylation is 1. The van der Waals surface area contributed by atoms with Gasteiger partial charge in [0.1, 0.15) is 0 Å². The van der Waals surface area contributed by atoms with Gasteiger partial charge in [-0.15, -0.1) is 0 Å². The summed E-state index contributed by atoms with van der Waals surface area (Å²) in [6.45, 7) is 2.10. The van der Waals surface area contributed by atoms with Crippen molar-refractivity contribution in [3.8, 4) is 0 Å². The zero-order valence-electron chi connectivity index (χ0n) is 10.2. The molecule has 0 saturated carbocycles. The molecule has 3 heteroatoms. The zero-order chi connectivity index (χ0) is 13.1. The summed E-state index contributed by atoms with van der Waals surface area (Å²) < 4.78 is 1.25. The van der Waals surface area contributed by atoms with Crippen LogP contribution in [0.3, 0.4) is 0 Å². The maximum Gasteiger partial charge on any atom is 0.0438 e. The molecule has 0 bridgehead atoms. The Labute approximate surface area is 126 Å². The summed E-state index contributed by atoms with van der Waals surface area (Å²) in [4.78, 5) is 0. The van der Waals surface area contributed by atoms with Crippen molar-refractivity contribution in [1.82, 2.24) is 0 Å². The highest BCUT2D eigenvalue weighted by Crippen LogP contribution is 2.26. The second-order valence-corrected chi connectivity index (χ2v) is 5.87. The molecule has 0 aliphatic rings. The van der Waals surface area contributed by atoms with E-state index in [0.717, 1.165) is 17.0 Å². The van der Waals surface area contributed by atoms with E-state index in [-0.39, 0.29) is 6.04 Å². The lowest BCUT2D eigenvalue weighted by atomic mass is 9.98. The van der Waals surface area contributed by atoms with Crippen molar-refractivity contribution in [2.75, 3.05) is 0 Å². The van der Waals surface area contributed by atoms with Gasteiger partial charge in [0.15, 0.2) is 0 Å². The minimum atomic E-state index is -0.0169. The molecule has 94 valence electrons. The summed E-state index contributed by atoms with van der Waals surface area (Å²) in [5.41, 5.74) is 9.86. The van der Waals surface area contributed by atoms with Crippen LogP contribution >= 0.6 is 34.2 Å². The van der Waals surface area contributed by atoms with Gasteiger partial charge in [0.25, 0.3) is 0 Å². The molecule has 1 unspecified atom stereocenters. The predicted molar refractivity (Wildman–Crippen MR) is 86.0 cm³/mol. The molecule has 2 N–H and O–H groups in total. The molecule has 0 fully saturated rings. The van der Waals surface area contributed by atoms with Gasteiger partial charge in [0.2, 0.25) is 0 Å². The number of rotatable bonds is 3. The molecule has 1 nitrogen and oxygen atoms in total. The highest BCUT2D eigenvalue weighted by atomic mass is 127. The van der Waals surface area contributed by atoms with Crippen molar-refractivity contribution in [1.29, 1.82) is 0 Å². The summed E-state index contributed by atoms with van der Waals surface area (Å²) in [5, 5.41) is 0.788.